The lowest BCUT2D eigenvalue weighted by Gasteiger charge is -2.26. The predicted octanol–water partition coefficient (Wildman–Crippen LogP) is 5.12. The summed E-state index contributed by atoms with van der Waals surface area (Å²) in [5.74, 6) is -1.10. The van der Waals surface area contributed by atoms with Crippen LogP contribution in [0.1, 0.15) is 6.92 Å². The molecule has 0 aliphatic carbocycles. The lowest BCUT2D eigenvalue weighted by molar-refractivity contribution is -0.152. The van der Waals surface area contributed by atoms with E-state index in [1.807, 2.05) is 24.3 Å². The fraction of sp³-hybridized carbons (Fsp3) is 0.300. The SMILES string of the molecule is CCOC(=O)C(=O)Nc1ccc(Oc2ccnc3cc(-c4ccc(OCCN5CCOCC5)c(OC)c4)sc23)c(F)c1. The first-order chi connectivity index (χ1) is 20.4. The molecule has 0 unspecified atom stereocenters. The number of rotatable bonds is 10. The van der Waals surface area contributed by atoms with E-state index in [4.69, 9.17) is 18.9 Å². The second-order valence-corrected chi connectivity index (χ2v) is 10.3. The van der Waals surface area contributed by atoms with Gasteiger partial charge in [-0.1, -0.05) is 0 Å². The van der Waals surface area contributed by atoms with Gasteiger partial charge in [0, 0.05) is 48.5 Å². The summed E-state index contributed by atoms with van der Waals surface area (Å²) in [6.45, 7) is 6.28. The van der Waals surface area contributed by atoms with E-state index in [1.165, 1.54) is 23.5 Å². The summed E-state index contributed by atoms with van der Waals surface area (Å²) in [7, 11) is 1.61. The summed E-state index contributed by atoms with van der Waals surface area (Å²) in [6, 6.07) is 13.2. The molecule has 0 radical (unpaired) electrons. The number of aromatic nitrogens is 1. The van der Waals surface area contributed by atoms with E-state index >= 15 is 0 Å². The van der Waals surface area contributed by atoms with E-state index in [0.29, 0.717) is 29.4 Å². The maximum absolute atomic E-state index is 14.9. The van der Waals surface area contributed by atoms with Gasteiger partial charge >= 0.3 is 11.9 Å². The molecular formula is C30H30FN3O7S. The first kappa shape index (κ1) is 29.2. The number of ether oxygens (including phenoxy) is 5. The van der Waals surface area contributed by atoms with Gasteiger partial charge in [-0.3, -0.25) is 14.7 Å². The van der Waals surface area contributed by atoms with Crippen LogP contribution in [0.4, 0.5) is 10.1 Å². The van der Waals surface area contributed by atoms with Crippen molar-refractivity contribution >= 4 is 39.1 Å². The number of hydrogen-bond acceptors (Lipinski definition) is 10. The molecule has 0 saturated carbocycles. The number of hydrogen-bond donors (Lipinski definition) is 1. The molecule has 1 aliphatic heterocycles. The van der Waals surface area contributed by atoms with Gasteiger partial charge in [-0.15, -0.1) is 11.3 Å². The van der Waals surface area contributed by atoms with Gasteiger partial charge in [0.2, 0.25) is 0 Å². The van der Waals surface area contributed by atoms with Crippen LogP contribution in [0.25, 0.3) is 20.7 Å². The highest BCUT2D eigenvalue weighted by Gasteiger charge is 2.18. The fourth-order valence-corrected chi connectivity index (χ4v) is 5.41. The molecule has 0 spiro atoms. The minimum absolute atomic E-state index is 0.0492. The maximum atomic E-state index is 14.9. The summed E-state index contributed by atoms with van der Waals surface area (Å²) in [6.07, 6.45) is 1.59. The zero-order chi connectivity index (χ0) is 29.5. The molecule has 10 nitrogen and oxygen atoms in total. The van der Waals surface area contributed by atoms with Gasteiger partial charge in [0.15, 0.2) is 23.1 Å². The molecule has 12 heteroatoms. The third-order valence-corrected chi connectivity index (χ3v) is 7.65. The number of nitrogens with one attached hydrogen (secondary N) is 1. The molecular weight excluding hydrogens is 565 g/mol. The minimum Gasteiger partial charge on any atom is -0.493 e. The Kier molecular flexibility index (Phi) is 9.47. The molecule has 1 N–H and O–H groups in total. The number of anilines is 1. The molecule has 0 bridgehead atoms. The van der Waals surface area contributed by atoms with Gasteiger partial charge < -0.3 is 29.0 Å². The number of benzene rings is 2. The van der Waals surface area contributed by atoms with Gasteiger partial charge in [0.25, 0.3) is 0 Å². The fourth-order valence-electron chi connectivity index (χ4n) is 4.35. The quantitative estimate of drug-likeness (QED) is 0.198. The van der Waals surface area contributed by atoms with Crippen LogP contribution >= 0.6 is 11.3 Å². The van der Waals surface area contributed by atoms with Crippen molar-refractivity contribution in [3.63, 3.8) is 0 Å². The number of methoxy groups -OCH3 is 1. The monoisotopic (exact) mass is 595 g/mol. The largest absolute Gasteiger partial charge is 0.493 e. The number of carbonyl (C=O) groups is 2. The number of esters is 1. The average molecular weight is 596 g/mol. The van der Waals surface area contributed by atoms with Crippen LogP contribution in [0.2, 0.25) is 0 Å². The van der Waals surface area contributed by atoms with Crippen LogP contribution in [-0.2, 0) is 19.1 Å². The van der Waals surface area contributed by atoms with E-state index in [9.17, 15) is 14.0 Å². The predicted molar refractivity (Wildman–Crippen MR) is 156 cm³/mol. The standard InChI is InChI=1S/C30H30FN3O7S/c1-3-39-30(36)29(35)33-20-5-7-23(21(31)17-20)41-25-8-9-32-22-18-27(42-28(22)25)19-4-6-24(26(16-19)37-2)40-15-12-34-10-13-38-14-11-34/h4-9,16-18H,3,10-15H2,1-2H3,(H,33,35). The van der Waals surface area contributed by atoms with Crippen LogP contribution in [-0.4, -0.2) is 74.9 Å². The van der Waals surface area contributed by atoms with Gasteiger partial charge in [0.1, 0.15) is 12.4 Å². The van der Waals surface area contributed by atoms with E-state index < -0.39 is 17.7 Å². The van der Waals surface area contributed by atoms with Gasteiger partial charge in [0.05, 0.1) is 37.1 Å². The van der Waals surface area contributed by atoms with Crippen molar-refractivity contribution in [2.75, 3.05) is 58.5 Å². The Morgan fingerprint density at radius 3 is 2.62 bits per heavy atom. The number of fused-ring (bicyclic) bond motifs is 1. The Morgan fingerprint density at radius 2 is 1.86 bits per heavy atom. The molecule has 4 aromatic rings. The first-order valence-corrected chi connectivity index (χ1v) is 14.2. The van der Waals surface area contributed by atoms with Crippen molar-refractivity contribution in [2.45, 2.75) is 6.92 Å². The third kappa shape index (κ3) is 6.96. The van der Waals surface area contributed by atoms with Crippen LogP contribution in [0, 0.1) is 5.82 Å². The topological polar surface area (TPSA) is 108 Å². The molecule has 2 aromatic heterocycles. The number of carbonyl (C=O) groups excluding carboxylic acids is 2. The number of thiophene rings is 1. The van der Waals surface area contributed by atoms with Crippen LogP contribution in [0.15, 0.2) is 54.7 Å². The van der Waals surface area contributed by atoms with Crippen molar-refractivity contribution in [1.29, 1.82) is 0 Å². The minimum atomic E-state index is -1.05. The number of amides is 1. The molecule has 3 heterocycles. The summed E-state index contributed by atoms with van der Waals surface area (Å²) in [4.78, 5) is 31.1. The molecule has 5 rings (SSSR count). The maximum Gasteiger partial charge on any atom is 0.397 e. The second-order valence-electron chi connectivity index (χ2n) is 9.22. The van der Waals surface area contributed by atoms with Crippen molar-refractivity contribution in [3.05, 3.63) is 60.5 Å². The number of nitrogens with zero attached hydrogens (tertiary/aromatic N) is 2. The highest BCUT2D eigenvalue weighted by atomic mass is 32.1. The Bertz CT molecular complexity index is 1570. The molecule has 1 saturated heterocycles. The smallest absolute Gasteiger partial charge is 0.397 e. The third-order valence-electron chi connectivity index (χ3n) is 6.46. The van der Waals surface area contributed by atoms with Crippen molar-refractivity contribution in [2.24, 2.45) is 0 Å². The zero-order valence-electron chi connectivity index (χ0n) is 23.2. The molecule has 2 aromatic carbocycles. The Labute approximate surface area is 245 Å². The number of halogens is 1. The molecule has 1 fully saturated rings. The Balaban J connectivity index is 1.30. The second kappa shape index (κ2) is 13.6. The van der Waals surface area contributed by atoms with Crippen LogP contribution in [0.5, 0.6) is 23.0 Å². The van der Waals surface area contributed by atoms with E-state index in [1.54, 1.807) is 26.3 Å². The molecule has 220 valence electrons. The number of morpholine rings is 1. The average Bonchev–Trinajstić information content (AvgIpc) is 3.45. The summed E-state index contributed by atoms with van der Waals surface area (Å²) in [5, 5.41) is 2.31. The van der Waals surface area contributed by atoms with Gasteiger partial charge in [-0.05, 0) is 48.9 Å². The summed E-state index contributed by atoms with van der Waals surface area (Å²) >= 11 is 1.45. The molecule has 42 heavy (non-hydrogen) atoms. The highest BCUT2D eigenvalue weighted by molar-refractivity contribution is 7.22. The van der Waals surface area contributed by atoms with Crippen molar-refractivity contribution in [1.82, 2.24) is 9.88 Å². The van der Waals surface area contributed by atoms with Gasteiger partial charge in [-0.25, -0.2) is 9.18 Å². The summed E-state index contributed by atoms with van der Waals surface area (Å²) < 4.78 is 43.2. The molecule has 1 aliphatic rings. The van der Waals surface area contributed by atoms with Crippen molar-refractivity contribution < 1.29 is 37.7 Å². The zero-order valence-corrected chi connectivity index (χ0v) is 24.0. The Morgan fingerprint density at radius 1 is 1.05 bits per heavy atom. The lowest BCUT2D eigenvalue weighted by Crippen LogP contribution is -2.38. The summed E-state index contributed by atoms with van der Waals surface area (Å²) in [5.41, 5.74) is 1.70. The lowest BCUT2D eigenvalue weighted by atomic mass is 10.1. The van der Waals surface area contributed by atoms with E-state index in [-0.39, 0.29) is 18.0 Å². The highest BCUT2D eigenvalue weighted by Crippen LogP contribution is 2.41. The Hall–Kier alpha value is -4.26. The molecule has 0 atom stereocenters. The van der Waals surface area contributed by atoms with Crippen molar-refractivity contribution in [3.8, 4) is 33.4 Å². The van der Waals surface area contributed by atoms with Crippen LogP contribution < -0.4 is 19.5 Å². The van der Waals surface area contributed by atoms with Crippen LogP contribution in [0.3, 0.4) is 0 Å². The number of pyridine rings is 1. The molecule has 1 amide bonds. The van der Waals surface area contributed by atoms with E-state index in [0.717, 1.165) is 54.1 Å². The first-order valence-electron chi connectivity index (χ1n) is 13.4. The normalized spacial score (nSPS) is 13.5. The van der Waals surface area contributed by atoms with E-state index in [2.05, 4.69) is 19.9 Å². The van der Waals surface area contributed by atoms with Gasteiger partial charge in [-0.2, -0.15) is 0 Å².